The summed E-state index contributed by atoms with van der Waals surface area (Å²) < 4.78 is 0. The maximum atomic E-state index is 11.6. The lowest BCUT2D eigenvalue weighted by Gasteiger charge is -2.34. The minimum absolute atomic E-state index is 0.0489. The van der Waals surface area contributed by atoms with Gasteiger partial charge in [-0.2, -0.15) is 4.98 Å². The van der Waals surface area contributed by atoms with Crippen LogP contribution in [0.15, 0.2) is 18.9 Å². The van der Waals surface area contributed by atoms with E-state index in [9.17, 15) is 9.90 Å². The van der Waals surface area contributed by atoms with Crippen LogP contribution in [-0.4, -0.2) is 39.2 Å². The molecule has 0 aliphatic heterocycles. The van der Waals surface area contributed by atoms with Gasteiger partial charge in [-0.1, -0.05) is 6.08 Å². The number of nitrogens with zero attached hydrogens (tertiary/aromatic N) is 2. The maximum Gasteiger partial charge on any atom is 0.254 e. The molecule has 7 nitrogen and oxygen atoms in total. The van der Waals surface area contributed by atoms with Crippen molar-refractivity contribution in [2.24, 2.45) is 5.73 Å². The number of hydrogen-bond acceptors (Lipinski definition) is 6. The molecule has 1 aliphatic carbocycles. The van der Waals surface area contributed by atoms with Gasteiger partial charge in [0.15, 0.2) is 0 Å². The number of aliphatic hydroxyl groups is 1. The lowest BCUT2D eigenvalue weighted by atomic mass is 9.83. The fourth-order valence-corrected chi connectivity index (χ4v) is 2.82. The summed E-state index contributed by atoms with van der Waals surface area (Å²) in [6.45, 7) is 6.15. The normalized spacial score (nSPS) is 24.0. The van der Waals surface area contributed by atoms with E-state index in [2.05, 4.69) is 27.2 Å². The zero-order valence-electron chi connectivity index (χ0n) is 13.5. The molecule has 126 valence electrons. The van der Waals surface area contributed by atoms with E-state index in [1.807, 2.05) is 6.92 Å². The van der Waals surface area contributed by atoms with Crippen LogP contribution < -0.4 is 16.4 Å². The third-order valence-corrected chi connectivity index (χ3v) is 3.98. The number of anilines is 2. The molecule has 2 atom stereocenters. The molecule has 0 aromatic carbocycles. The molecule has 7 heteroatoms. The van der Waals surface area contributed by atoms with Gasteiger partial charge in [-0.05, 0) is 39.0 Å². The summed E-state index contributed by atoms with van der Waals surface area (Å²) in [7, 11) is 0. The molecule has 1 heterocycles. The fourth-order valence-electron chi connectivity index (χ4n) is 2.82. The summed E-state index contributed by atoms with van der Waals surface area (Å²) in [6, 6.07) is 0.0489. The Balaban J connectivity index is 2.14. The SMILES string of the molecule is C=CCCNc1ncc(C(N)=O)c(N[C@@H]2CCC[C@](C)(O)C2)n1. The van der Waals surface area contributed by atoms with E-state index in [0.29, 0.717) is 24.7 Å². The highest BCUT2D eigenvalue weighted by Gasteiger charge is 2.30. The van der Waals surface area contributed by atoms with E-state index in [4.69, 9.17) is 5.73 Å². The molecule has 0 unspecified atom stereocenters. The van der Waals surface area contributed by atoms with Crippen molar-refractivity contribution < 1.29 is 9.90 Å². The van der Waals surface area contributed by atoms with Crippen molar-refractivity contribution in [2.75, 3.05) is 17.2 Å². The van der Waals surface area contributed by atoms with Crippen LogP contribution in [0.2, 0.25) is 0 Å². The van der Waals surface area contributed by atoms with Crippen LogP contribution in [0.4, 0.5) is 11.8 Å². The van der Waals surface area contributed by atoms with Crippen molar-refractivity contribution in [1.82, 2.24) is 9.97 Å². The molecule has 2 rings (SSSR count). The molecule has 23 heavy (non-hydrogen) atoms. The number of rotatable bonds is 7. The summed E-state index contributed by atoms with van der Waals surface area (Å²) in [5, 5.41) is 16.5. The molecule has 1 fully saturated rings. The highest BCUT2D eigenvalue weighted by Crippen LogP contribution is 2.30. The van der Waals surface area contributed by atoms with Crippen LogP contribution >= 0.6 is 0 Å². The van der Waals surface area contributed by atoms with Crippen molar-refractivity contribution in [3.05, 3.63) is 24.4 Å². The maximum absolute atomic E-state index is 11.6. The Hall–Kier alpha value is -2.15. The van der Waals surface area contributed by atoms with Gasteiger partial charge in [0.1, 0.15) is 5.82 Å². The lowest BCUT2D eigenvalue weighted by Crippen LogP contribution is -2.38. The van der Waals surface area contributed by atoms with Crippen LogP contribution in [0.5, 0.6) is 0 Å². The monoisotopic (exact) mass is 319 g/mol. The Kier molecular flexibility index (Phi) is 5.54. The third-order valence-electron chi connectivity index (χ3n) is 3.98. The summed E-state index contributed by atoms with van der Waals surface area (Å²) in [4.78, 5) is 20.0. The zero-order valence-corrected chi connectivity index (χ0v) is 13.5. The van der Waals surface area contributed by atoms with Gasteiger partial charge in [-0.3, -0.25) is 4.79 Å². The Morgan fingerprint density at radius 2 is 2.43 bits per heavy atom. The van der Waals surface area contributed by atoms with Gasteiger partial charge in [0.2, 0.25) is 5.95 Å². The topological polar surface area (TPSA) is 113 Å². The number of aromatic nitrogens is 2. The van der Waals surface area contributed by atoms with Crippen molar-refractivity contribution in [1.29, 1.82) is 0 Å². The first-order valence-corrected chi connectivity index (χ1v) is 7.92. The quantitative estimate of drug-likeness (QED) is 0.449. The highest BCUT2D eigenvalue weighted by molar-refractivity contribution is 5.97. The Morgan fingerprint density at radius 3 is 3.09 bits per heavy atom. The van der Waals surface area contributed by atoms with E-state index < -0.39 is 11.5 Å². The second-order valence-corrected chi connectivity index (χ2v) is 6.26. The predicted molar refractivity (Wildman–Crippen MR) is 90.4 cm³/mol. The molecular formula is C16H25N5O2. The first-order chi connectivity index (χ1) is 10.9. The van der Waals surface area contributed by atoms with E-state index in [-0.39, 0.29) is 11.6 Å². The lowest BCUT2D eigenvalue weighted by molar-refractivity contribution is 0.0182. The van der Waals surface area contributed by atoms with Crippen LogP contribution in [0.1, 0.15) is 49.4 Å². The van der Waals surface area contributed by atoms with Gasteiger partial charge in [-0.25, -0.2) is 4.98 Å². The van der Waals surface area contributed by atoms with Gasteiger partial charge in [0.05, 0.1) is 11.2 Å². The number of carbonyl (C=O) groups is 1. The van der Waals surface area contributed by atoms with Crippen molar-refractivity contribution >= 4 is 17.7 Å². The number of nitrogens with one attached hydrogen (secondary N) is 2. The average Bonchev–Trinajstić information content (AvgIpc) is 2.46. The minimum atomic E-state index is -0.694. The molecule has 1 aromatic rings. The molecule has 1 saturated carbocycles. The minimum Gasteiger partial charge on any atom is -0.390 e. The predicted octanol–water partition coefficient (Wildman–Crippen LogP) is 1.67. The van der Waals surface area contributed by atoms with Crippen LogP contribution in [-0.2, 0) is 0 Å². The number of amides is 1. The van der Waals surface area contributed by atoms with Crippen molar-refractivity contribution in [2.45, 2.75) is 50.7 Å². The largest absolute Gasteiger partial charge is 0.390 e. The smallest absolute Gasteiger partial charge is 0.254 e. The number of hydrogen-bond donors (Lipinski definition) is 4. The molecule has 5 N–H and O–H groups in total. The number of primary amides is 1. The molecule has 0 saturated heterocycles. The first kappa shape index (κ1) is 17.2. The zero-order chi connectivity index (χ0) is 16.9. The van der Waals surface area contributed by atoms with Gasteiger partial charge < -0.3 is 21.5 Å². The van der Waals surface area contributed by atoms with Gasteiger partial charge >= 0.3 is 0 Å². The molecule has 1 amide bonds. The van der Waals surface area contributed by atoms with E-state index in [1.54, 1.807) is 6.08 Å². The Labute approximate surface area is 136 Å². The van der Waals surface area contributed by atoms with Gasteiger partial charge in [-0.15, -0.1) is 6.58 Å². The van der Waals surface area contributed by atoms with Crippen LogP contribution in [0, 0.1) is 0 Å². The second-order valence-electron chi connectivity index (χ2n) is 6.26. The number of nitrogens with two attached hydrogens (primary N) is 1. The second kappa shape index (κ2) is 7.41. The van der Waals surface area contributed by atoms with Crippen LogP contribution in [0.25, 0.3) is 0 Å². The molecule has 0 spiro atoms. The van der Waals surface area contributed by atoms with E-state index >= 15 is 0 Å². The van der Waals surface area contributed by atoms with Crippen LogP contribution in [0.3, 0.4) is 0 Å². The molecule has 1 aromatic heterocycles. The Morgan fingerprint density at radius 1 is 1.65 bits per heavy atom. The van der Waals surface area contributed by atoms with Gasteiger partial charge in [0.25, 0.3) is 5.91 Å². The standard InChI is InChI=1S/C16H25N5O2/c1-3-4-8-18-15-19-10-12(13(17)22)14(21-15)20-11-6-5-7-16(2,23)9-11/h3,10-11,23H,1,4-9H2,2H3,(H2,17,22)(H2,18,19,20,21)/t11-,16+/m1/s1. The molecule has 0 radical (unpaired) electrons. The van der Waals surface area contributed by atoms with Crippen molar-refractivity contribution in [3.8, 4) is 0 Å². The highest BCUT2D eigenvalue weighted by atomic mass is 16.3. The summed E-state index contributed by atoms with van der Waals surface area (Å²) in [5.74, 6) is 0.269. The fraction of sp³-hybridized carbons (Fsp3) is 0.562. The Bertz CT molecular complexity index is 574. The van der Waals surface area contributed by atoms with E-state index in [0.717, 1.165) is 25.7 Å². The summed E-state index contributed by atoms with van der Waals surface area (Å²) >= 11 is 0. The van der Waals surface area contributed by atoms with Crippen molar-refractivity contribution in [3.63, 3.8) is 0 Å². The molecular weight excluding hydrogens is 294 g/mol. The molecule has 1 aliphatic rings. The van der Waals surface area contributed by atoms with Gasteiger partial charge in [0, 0.05) is 18.8 Å². The average molecular weight is 319 g/mol. The van der Waals surface area contributed by atoms with E-state index in [1.165, 1.54) is 6.20 Å². The first-order valence-electron chi connectivity index (χ1n) is 7.92. The summed E-state index contributed by atoms with van der Waals surface area (Å²) in [5.41, 5.74) is 4.96. The summed E-state index contributed by atoms with van der Waals surface area (Å²) in [6.07, 6.45) is 7.24. The third kappa shape index (κ3) is 4.92. The number of carbonyl (C=O) groups excluding carboxylic acids is 1. The molecule has 0 bridgehead atoms.